The first-order valence-corrected chi connectivity index (χ1v) is 7.02. The molecule has 2 rings (SSSR count). The van der Waals surface area contributed by atoms with Crippen LogP contribution in [-0.4, -0.2) is 23.0 Å². The van der Waals surface area contributed by atoms with E-state index < -0.39 is 11.4 Å². The van der Waals surface area contributed by atoms with Gasteiger partial charge in [0.15, 0.2) is 0 Å². The predicted octanol–water partition coefficient (Wildman–Crippen LogP) is 2.82. The molecule has 2 N–H and O–H groups in total. The van der Waals surface area contributed by atoms with Crippen molar-refractivity contribution in [1.82, 2.24) is 5.32 Å². The Hall–Kier alpha value is -1.36. The minimum Gasteiger partial charge on any atom is -0.481 e. The lowest BCUT2D eigenvalue weighted by atomic mass is 9.85. The number of rotatable bonds is 3. The molecule has 0 heterocycles. The van der Waals surface area contributed by atoms with Crippen LogP contribution in [0.15, 0.2) is 28.7 Å². The van der Waals surface area contributed by atoms with Crippen molar-refractivity contribution < 1.29 is 14.7 Å². The number of hydrogen-bond donors (Lipinski definition) is 2. The lowest BCUT2D eigenvalue weighted by Gasteiger charge is -2.27. The van der Waals surface area contributed by atoms with Gasteiger partial charge in [0.1, 0.15) is 0 Å². The first kappa shape index (κ1) is 14.1. The van der Waals surface area contributed by atoms with Crippen LogP contribution >= 0.6 is 15.9 Å². The van der Waals surface area contributed by atoms with Crippen molar-refractivity contribution in [2.75, 3.05) is 0 Å². The van der Waals surface area contributed by atoms with E-state index in [0.29, 0.717) is 18.4 Å². The molecule has 1 aliphatic rings. The number of nitrogens with one attached hydrogen (secondary N) is 1. The normalized spacial score (nSPS) is 26.1. The Kier molecular flexibility index (Phi) is 3.94. The van der Waals surface area contributed by atoms with E-state index in [-0.39, 0.29) is 11.9 Å². The fourth-order valence-electron chi connectivity index (χ4n) is 2.50. The van der Waals surface area contributed by atoms with E-state index in [1.54, 1.807) is 31.2 Å². The summed E-state index contributed by atoms with van der Waals surface area (Å²) in [7, 11) is 0. The SMILES string of the molecule is CC1(C(=O)O)CCCC1NC(=O)c1ccc(Br)cc1. The van der Waals surface area contributed by atoms with Gasteiger partial charge in [-0.15, -0.1) is 0 Å². The summed E-state index contributed by atoms with van der Waals surface area (Å²) < 4.78 is 0.903. The van der Waals surface area contributed by atoms with E-state index in [9.17, 15) is 14.7 Å². The van der Waals surface area contributed by atoms with Crippen molar-refractivity contribution >= 4 is 27.8 Å². The Balaban J connectivity index is 2.10. The first-order valence-electron chi connectivity index (χ1n) is 6.23. The highest BCUT2D eigenvalue weighted by atomic mass is 79.9. The van der Waals surface area contributed by atoms with Gasteiger partial charge in [-0.25, -0.2) is 0 Å². The molecule has 1 aliphatic carbocycles. The van der Waals surface area contributed by atoms with Crippen LogP contribution in [0, 0.1) is 5.41 Å². The van der Waals surface area contributed by atoms with Crippen LogP contribution in [0.3, 0.4) is 0 Å². The molecule has 0 bridgehead atoms. The van der Waals surface area contributed by atoms with Gasteiger partial charge < -0.3 is 10.4 Å². The molecule has 0 saturated heterocycles. The highest BCUT2D eigenvalue weighted by molar-refractivity contribution is 9.10. The topological polar surface area (TPSA) is 66.4 Å². The van der Waals surface area contributed by atoms with E-state index in [4.69, 9.17) is 0 Å². The van der Waals surface area contributed by atoms with Gasteiger partial charge in [0.25, 0.3) is 5.91 Å². The summed E-state index contributed by atoms with van der Waals surface area (Å²) in [6.07, 6.45) is 2.15. The number of amides is 1. The Bertz CT molecular complexity index is 500. The summed E-state index contributed by atoms with van der Waals surface area (Å²) in [6, 6.07) is 6.71. The molecule has 102 valence electrons. The van der Waals surface area contributed by atoms with Gasteiger partial charge in [-0.1, -0.05) is 22.4 Å². The van der Waals surface area contributed by atoms with Crippen LogP contribution in [0.4, 0.5) is 0 Å². The number of benzene rings is 1. The highest BCUT2D eigenvalue weighted by Crippen LogP contribution is 2.38. The van der Waals surface area contributed by atoms with Gasteiger partial charge in [0, 0.05) is 16.1 Å². The van der Waals surface area contributed by atoms with Crippen molar-refractivity contribution in [1.29, 1.82) is 0 Å². The monoisotopic (exact) mass is 325 g/mol. The smallest absolute Gasteiger partial charge is 0.311 e. The maximum atomic E-state index is 12.1. The van der Waals surface area contributed by atoms with E-state index in [0.717, 1.165) is 10.9 Å². The number of carboxylic acid groups (broad SMARTS) is 1. The second-order valence-corrected chi connectivity index (χ2v) is 6.06. The Morgan fingerprint density at radius 3 is 2.58 bits per heavy atom. The number of hydrogen-bond acceptors (Lipinski definition) is 2. The third-order valence-electron chi connectivity index (χ3n) is 3.86. The Morgan fingerprint density at radius 2 is 2.00 bits per heavy atom. The standard InChI is InChI=1S/C14H16BrNO3/c1-14(13(18)19)8-2-3-11(14)16-12(17)9-4-6-10(15)7-5-9/h4-7,11H,2-3,8H2,1H3,(H,16,17)(H,18,19). The molecule has 1 amide bonds. The van der Waals surface area contributed by atoms with Crippen molar-refractivity contribution in [3.05, 3.63) is 34.3 Å². The number of carboxylic acids is 1. The molecule has 2 unspecified atom stereocenters. The van der Waals surface area contributed by atoms with Crippen molar-refractivity contribution in [3.63, 3.8) is 0 Å². The minimum absolute atomic E-state index is 0.216. The molecule has 19 heavy (non-hydrogen) atoms. The molecule has 0 radical (unpaired) electrons. The second kappa shape index (κ2) is 5.33. The van der Waals surface area contributed by atoms with Gasteiger partial charge >= 0.3 is 5.97 Å². The number of halogens is 1. The van der Waals surface area contributed by atoms with Crippen molar-refractivity contribution in [2.24, 2.45) is 5.41 Å². The van der Waals surface area contributed by atoms with Gasteiger partial charge in [-0.2, -0.15) is 0 Å². The molecular formula is C14H16BrNO3. The average molecular weight is 326 g/mol. The van der Waals surface area contributed by atoms with Crippen LogP contribution < -0.4 is 5.32 Å². The maximum Gasteiger partial charge on any atom is 0.311 e. The summed E-state index contributed by atoms with van der Waals surface area (Å²) in [5.41, 5.74) is -0.312. The molecule has 2 atom stereocenters. The van der Waals surface area contributed by atoms with Gasteiger partial charge in [-0.3, -0.25) is 9.59 Å². The van der Waals surface area contributed by atoms with Crippen LogP contribution in [-0.2, 0) is 4.79 Å². The van der Waals surface area contributed by atoms with Crippen LogP contribution in [0.25, 0.3) is 0 Å². The lowest BCUT2D eigenvalue weighted by Crippen LogP contribution is -2.47. The fourth-order valence-corrected chi connectivity index (χ4v) is 2.76. The number of aliphatic carboxylic acids is 1. The molecule has 0 spiro atoms. The molecule has 1 fully saturated rings. The Labute approximate surface area is 120 Å². The lowest BCUT2D eigenvalue weighted by molar-refractivity contribution is -0.148. The summed E-state index contributed by atoms with van der Waals surface area (Å²) in [5, 5.41) is 12.2. The first-order chi connectivity index (χ1) is 8.93. The largest absolute Gasteiger partial charge is 0.481 e. The van der Waals surface area contributed by atoms with Gasteiger partial charge in [-0.05, 0) is 44.0 Å². The molecular weight excluding hydrogens is 310 g/mol. The zero-order valence-electron chi connectivity index (χ0n) is 10.6. The highest BCUT2D eigenvalue weighted by Gasteiger charge is 2.45. The van der Waals surface area contributed by atoms with Crippen LogP contribution in [0.2, 0.25) is 0 Å². The Morgan fingerprint density at radius 1 is 1.37 bits per heavy atom. The summed E-state index contributed by atoms with van der Waals surface area (Å²) >= 11 is 3.31. The van der Waals surface area contributed by atoms with Crippen molar-refractivity contribution in [2.45, 2.75) is 32.2 Å². The number of carbonyl (C=O) groups excluding carboxylic acids is 1. The van der Waals surface area contributed by atoms with Crippen LogP contribution in [0.1, 0.15) is 36.5 Å². The molecule has 0 aromatic heterocycles. The van der Waals surface area contributed by atoms with Gasteiger partial charge in [0.05, 0.1) is 5.41 Å². The molecule has 4 nitrogen and oxygen atoms in total. The van der Waals surface area contributed by atoms with E-state index in [1.807, 2.05) is 0 Å². The van der Waals surface area contributed by atoms with E-state index in [2.05, 4.69) is 21.2 Å². The zero-order chi connectivity index (χ0) is 14.0. The van der Waals surface area contributed by atoms with Crippen molar-refractivity contribution in [3.8, 4) is 0 Å². The third kappa shape index (κ3) is 2.81. The van der Waals surface area contributed by atoms with E-state index >= 15 is 0 Å². The maximum absolute atomic E-state index is 12.1. The molecule has 0 aliphatic heterocycles. The fraction of sp³-hybridized carbons (Fsp3) is 0.429. The molecule has 1 aromatic rings. The zero-order valence-corrected chi connectivity index (χ0v) is 12.2. The van der Waals surface area contributed by atoms with Gasteiger partial charge in [0.2, 0.25) is 0 Å². The summed E-state index contributed by atoms with van der Waals surface area (Å²) in [5.74, 6) is -1.06. The average Bonchev–Trinajstić information content (AvgIpc) is 2.73. The number of carbonyl (C=O) groups is 2. The molecule has 5 heteroatoms. The third-order valence-corrected chi connectivity index (χ3v) is 4.39. The quantitative estimate of drug-likeness (QED) is 0.898. The predicted molar refractivity (Wildman–Crippen MR) is 75.0 cm³/mol. The molecule has 1 saturated carbocycles. The van der Waals surface area contributed by atoms with Crippen LogP contribution in [0.5, 0.6) is 0 Å². The summed E-state index contributed by atoms with van der Waals surface area (Å²) in [6.45, 7) is 1.70. The minimum atomic E-state index is -0.856. The summed E-state index contributed by atoms with van der Waals surface area (Å²) in [4.78, 5) is 23.4. The second-order valence-electron chi connectivity index (χ2n) is 5.15. The molecule has 1 aromatic carbocycles. The van der Waals surface area contributed by atoms with E-state index in [1.165, 1.54) is 0 Å².